The predicted octanol–water partition coefficient (Wildman–Crippen LogP) is -0.184. The quantitative estimate of drug-likeness (QED) is 0.575. The van der Waals surface area contributed by atoms with Crippen molar-refractivity contribution >= 4 is 17.6 Å². The standard InChI is InChI=1S/C8H8N4O2/c9-7(13)6-1-5-4(2-10-6)3-11-8(14)12-5/h1-2H,3H2,(H2,9,13)(H2,11,12,14). The van der Waals surface area contributed by atoms with Crippen LogP contribution in [0, 0.1) is 0 Å². The number of urea groups is 1. The highest BCUT2D eigenvalue weighted by molar-refractivity contribution is 5.96. The van der Waals surface area contributed by atoms with E-state index in [1.165, 1.54) is 12.3 Å². The Hall–Kier alpha value is -2.11. The van der Waals surface area contributed by atoms with Crippen LogP contribution < -0.4 is 16.4 Å². The van der Waals surface area contributed by atoms with Crippen molar-refractivity contribution in [3.63, 3.8) is 0 Å². The molecule has 4 N–H and O–H groups in total. The minimum atomic E-state index is -0.611. The summed E-state index contributed by atoms with van der Waals surface area (Å²) in [5.74, 6) is -0.611. The molecule has 1 aliphatic rings. The largest absolute Gasteiger partial charge is 0.364 e. The second kappa shape index (κ2) is 2.99. The second-order valence-corrected chi connectivity index (χ2v) is 2.90. The van der Waals surface area contributed by atoms with E-state index in [1.807, 2.05) is 0 Å². The first-order valence-corrected chi connectivity index (χ1v) is 4.00. The van der Waals surface area contributed by atoms with E-state index in [1.54, 1.807) is 0 Å². The van der Waals surface area contributed by atoms with Gasteiger partial charge in [-0.25, -0.2) is 4.79 Å². The number of nitrogens with one attached hydrogen (secondary N) is 2. The molecule has 14 heavy (non-hydrogen) atoms. The highest BCUT2D eigenvalue weighted by Gasteiger charge is 2.15. The third-order valence-corrected chi connectivity index (χ3v) is 1.93. The molecule has 0 aromatic carbocycles. The van der Waals surface area contributed by atoms with E-state index in [0.29, 0.717) is 12.2 Å². The molecule has 0 unspecified atom stereocenters. The molecule has 1 aromatic heterocycles. The maximum Gasteiger partial charge on any atom is 0.319 e. The van der Waals surface area contributed by atoms with E-state index in [0.717, 1.165) is 5.56 Å². The van der Waals surface area contributed by atoms with Crippen LogP contribution in [-0.4, -0.2) is 16.9 Å². The molecule has 0 fully saturated rings. The van der Waals surface area contributed by atoms with Crippen LogP contribution in [-0.2, 0) is 6.54 Å². The molecule has 6 heteroatoms. The van der Waals surface area contributed by atoms with Gasteiger partial charge in [0.15, 0.2) is 0 Å². The summed E-state index contributed by atoms with van der Waals surface area (Å²) < 4.78 is 0. The minimum Gasteiger partial charge on any atom is -0.364 e. The molecule has 2 rings (SSSR count). The van der Waals surface area contributed by atoms with Gasteiger partial charge in [-0.3, -0.25) is 9.78 Å². The number of fused-ring (bicyclic) bond motifs is 1. The Bertz CT molecular complexity index is 416. The van der Waals surface area contributed by atoms with Gasteiger partial charge in [0, 0.05) is 18.3 Å². The molecule has 0 saturated carbocycles. The number of nitrogens with two attached hydrogens (primary N) is 1. The molecular formula is C8H8N4O2. The summed E-state index contributed by atoms with van der Waals surface area (Å²) >= 11 is 0. The summed E-state index contributed by atoms with van der Waals surface area (Å²) in [6.45, 7) is 0.410. The number of primary amides is 1. The molecule has 0 aliphatic carbocycles. The SMILES string of the molecule is NC(=O)c1cc2c(cn1)CNC(=O)N2. The molecule has 72 valence electrons. The van der Waals surface area contributed by atoms with Crippen LogP contribution in [0.25, 0.3) is 0 Å². The lowest BCUT2D eigenvalue weighted by Crippen LogP contribution is -2.33. The Kier molecular flexibility index (Phi) is 1.81. The van der Waals surface area contributed by atoms with Gasteiger partial charge in [-0.05, 0) is 6.07 Å². The van der Waals surface area contributed by atoms with Gasteiger partial charge in [-0.2, -0.15) is 0 Å². The number of hydrogen-bond donors (Lipinski definition) is 3. The van der Waals surface area contributed by atoms with Crippen LogP contribution in [0.5, 0.6) is 0 Å². The Balaban J connectivity index is 2.42. The number of nitrogens with zero attached hydrogens (tertiary/aromatic N) is 1. The molecule has 0 bridgehead atoms. The number of rotatable bonds is 1. The van der Waals surface area contributed by atoms with E-state index in [2.05, 4.69) is 15.6 Å². The summed E-state index contributed by atoms with van der Waals surface area (Å²) in [6.07, 6.45) is 1.52. The molecular weight excluding hydrogens is 184 g/mol. The highest BCUT2D eigenvalue weighted by Crippen LogP contribution is 2.18. The van der Waals surface area contributed by atoms with Crippen LogP contribution in [0.3, 0.4) is 0 Å². The summed E-state index contributed by atoms with van der Waals surface area (Å²) in [7, 11) is 0. The lowest BCUT2D eigenvalue weighted by molar-refractivity contribution is 0.0995. The molecule has 0 spiro atoms. The zero-order valence-corrected chi connectivity index (χ0v) is 7.20. The Morgan fingerprint density at radius 2 is 2.36 bits per heavy atom. The third-order valence-electron chi connectivity index (χ3n) is 1.93. The Labute approximate surface area is 79.5 Å². The monoisotopic (exact) mass is 192 g/mol. The maximum absolute atomic E-state index is 10.9. The Morgan fingerprint density at radius 1 is 1.57 bits per heavy atom. The van der Waals surface area contributed by atoms with E-state index >= 15 is 0 Å². The number of aromatic nitrogens is 1. The van der Waals surface area contributed by atoms with Crippen LogP contribution in [0.15, 0.2) is 12.3 Å². The molecule has 6 nitrogen and oxygen atoms in total. The minimum absolute atomic E-state index is 0.144. The van der Waals surface area contributed by atoms with E-state index < -0.39 is 5.91 Å². The van der Waals surface area contributed by atoms with Crippen molar-refractivity contribution in [2.45, 2.75) is 6.54 Å². The predicted molar refractivity (Wildman–Crippen MR) is 48.6 cm³/mol. The molecule has 0 saturated heterocycles. The Morgan fingerprint density at radius 3 is 3.07 bits per heavy atom. The topological polar surface area (TPSA) is 97.1 Å². The summed E-state index contributed by atoms with van der Waals surface area (Å²) in [5.41, 5.74) is 6.61. The first-order valence-electron chi connectivity index (χ1n) is 4.00. The van der Waals surface area contributed by atoms with Crippen LogP contribution in [0.4, 0.5) is 10.5 Å². The van der Waals surface area contributed by atoms with Crippen LogP contribution in [0.1, 0.15) is 16.1 Å². The van der Waals surface area contributed by atoms with Crippen molar-refractivity contribution in [3.8, 4) is 0 Å². The van der Waals surface area contributed by atoms with Crippen molar-refractivity contribution < 1.29 is 9.59 Å². The zero-order chi connectivity index (χ0) is 10.1. The van der Waals surface area contributed by atoms with Gasteiger partial charge in [0.1, 0.15) is 5.69 Å². The lowest BCUT2D eigenvalue weighted by atomic mass is 10.2. The molecule has 0 radical (unpaired) electrons. The summed E-state index contributed by atoms with van der Waals surface area (Å²) in [5, 5.41) is 5.14. The third kappa shape index (κ3) is 1.37. The fourth-order valence-electron chi connectivity index (χ4n) is 1.22. The number of carbonyl (C=O) groups excluding carboxylic acids is 2. The summed E-state index contributed by atoms with van der Waals surface area (Å²) in [6, 6.07) is 1.18. The van der Waals surface area contributed by atoms with Gasteiger partial charge in [-0.1, -0.05) is 0 Å². The molecule has 0 atom stereocenters. The van der Waals surface area contributed by atoms with Crippen molar-refractivity contribution in [1.29, 1.82) is 0 Å². The second-order valence-electron chi connectivity index (χ2n) is 2.90. The smallest absolute Gasteiger partial charge is 0.319 e. The van der Waals surface area contributed by atoms with Gasteiger partial charge < -0.3 is 16.4 Å². The fourth-order valence-corrected chi connectivity index (χ4v) is 1.22. The maximum atomic E-state index is 10.9. The number of carbonyl (C=O) groups is 2. The van der Waals surface area contributed by atoms with Gasteiger partial charge in [0.25, 0.3) is 5.91 Å². The van der Waals surface area contributed by atoms with Gasteiger partial charge in [-0.15, -0.1) is 0 Å². The van der Waals surface area contributed by atoms with Gasteiger partial charge in [0.05, 0.1) is 5.69 Å². The van der Waals surface area contributed by atoms with E-state index in [9.17, 15) is 9.59 Å². The van der Waals surface area contributed by atoms with Gasteiger partial charge in [0.2, 0.25) is 0 Å². The average molecular weight is 192 g/mol. The van der Waals surface area contributed by atoms with Gasteiger partial charge >= 0.3 is 6.03 Å². The van der Waals surface area contributed by atoms with Crippen molar-refractivity contribution in [1.82, 2.24) is 10.3 Å². The average Bonchev–Trinajstić information content (AvgIpc) is 2.16. The number of pyridine rings is 1. The molecule has 1 aromatic rings. The lowest BCUT2D eigenvalue weighted by Gasteiger charge is -2.17. The van der Waals surface area contributed by atoms with Crippen molar-refractivity contribution in [2.24, 2.45) is 5.73 Å². The van der Waals surface area contributed by atoms with Crippen molar-refractivity contribution in [3.05, 3.63) is 23.5 Å². The summed E-state index contributed by atoms with van der Waals surface area (Å²) in [4.78, 5) is 25.6. The normalized spacial score (nSPS) is 13.9. The van der Waals surface area contributed by atoms with Crippen LogP contribution >= 0.6 is 0 Å². The van der Waals surface area contributed by atoms with Crippen LogP contribution in [0.2, 0.25) is 0 Å². The highest BCUT2D eigenvalue weighted by atomic mass is 16.2. The molecule has 1 aliphatic heterocycles. The number of amides is 3. The van der Waals surface area contributed by atoms with E-state index in [4.69, 9.17) is 5.73 Å². The number of anilines is 1. The molecule has 2 heterocycles. The van der Waals surface area contributed by atoms with Crippen molar-refractivity contribution in [2.75, 3.05) is 5.32 Å². The van der Waals surface area contributed by atoms with E-state index in [-0.39, 0.29) is 11.7 Å². The number of hydrogen-bond acceptors (Lipinski definition) is 3. The molecule has 3 amide bonds. The fraction of sp³-hybridized carbons (Fsp3) is 0.125. The zero-order valence-electron chi connectivity index (χ0n) is 7.20. The first kappa shape index (κ1) is 8.49. The first-order chi connectivity index (χ1) is 6.66.